The van der Waals surface area contributed by atoms with E-state index in [0.29, 0.717) is 24.0 Å². The smallest absolute Gasteiger partial charge is 0.341 e. The first kappa shape index (κ1) is 18.2. The van der Waals surface area contributed by atoms with E-state index in [1.807, 2.05) is 0 Å². The van der Waals surface area contributed by atoms with Crippen LogP contribution in [-0.4, -0.2) is 32.6 Å². The van der Waals surface area contributed by atoms with Gasteiger partial charge in [-0.05, 0) is 55.2 Å². The predicted octanol–water partition coefficient (Wildman–Crippen LogP) is 2.74. The molecule has 0 bridgehead atoms. The zero-order valence-electron chi connectivity index (χ0n) is 14.1. The molecule has 2 aromatic rings. The minimum atomic E-state index is -3.95. The van der Waals surface area contributed by atoms with E-state index >= 15 is 0 Å². The molecular formula is C18H18FNO5S. The van der Waals surface area contributed by atoms with Crippen LogP contribution in [-0.2, 0) is 21.2 Å². The number of halogens is 1. The molecule has 1 aliphatic heterocycles. The minimum Gasteiger partial charge on any atom is -0.482 e. The maximum atomic E-state index is 14.3. The molecule has 26 heavy (non-hydrogen) atoms. The molecule has 6 nitrogen and oxygen atoms in total. The lowest BCUT2D eigenvalue weighted by molar-refractivity contribution is -0.139. The van der Waals surface area contributed by atoms with E-state index in [1.54, 1.807) is 19.1 Å². The van der Waals surface area contributed by atoms with Crippen molar-refractivity contribution in [3.05, 3.63) is 53.3 Å². The summed E-state index contributed by atoms with van der Waals surface area (Å²) in [5.74, 6) is -1.40. The maximum absolute atomic E-state index is 14.3. The highest BCUT2D eigenvalue weighted by atomic mass is 32.2. The van der Waals surface area contributed by atoms with Gasteiger partial charge in [0.2, 0.25) is 0 Å². The van der Waals surface area contributed by atoms with Crippen LogP contribution in [0.4, 0.5) is 10.1 Å². The maximum Gasteiger partial charge on any atom is 0.341 e. The molecule has 0 saturated heterocycles. The van der Waals surface area contributed by atoms with Crippen LogP contribution in [0.3, 0.4) is 0 Å². The first-order valence-corrected chi connectivity index (χ1v) is 9.50. The Labute approximate surface area is 150 Å². The second kappa shape index (κ2) is 6.95. The summed E-state index contributed by atoms with van der Waals surface area (Å²) < 4.78 is 46.6. The van der Waals surface area contributed by atoms with Crippen molar-refractivity contribution in [3.8, 4) is 5.75 Å². The SMILES string of the molecule is Cc1cc(S(=O)(=O)N2CCCc3cccc(F)c32)ccc1OCC(=O)O. The molecule has 2 aromatic carbocycles. The zero-order chi connectivity index (χ0) is 18.9. The zero-order valence-corrected chi connectivity index (χ0v) is 14.9. The van der Waals surface area contributed by atoms with Crippen LogP contribution in [0.25, 0.3) is 0 Å². The topological polar surface area (TPSA) is 83.9 Å². The van der Waals surface area contributed by atoms with Gasteiger partial charge in [-0.3, -0.25) is 4.31 Å². The molecule has 138 valence electrons. The van der Waals surface area contributed by atoms with Crippen molar-refractivity contribution in [1.29, 1.82) is 0 Å². The lowest BCUT2D eigenvalue weighted by atomic mass is 10.0. The van der Waals surface area contributed by atoms with Crippen molar-refractivity contribution in [2.24, 2.45) is 0 Å². The number of anilines is 1. The van der Waals surface area contributed by atoms with Gasteiger partial charge in [-0.2, -0.15) is 0 Å². The van der Waals surface area contributed by atoms with Gasteiger partial charge in [-0.15, -0.1) is 0 Å². The van der Waals surface area contributed by atoms with E-state index in [9.17, 15) is 17.6 Å². The molecule has 0 aromatic heterocycles. The van der Waals surface area contributed by atoms with Gasteiger partial charge in [0.05, 0.1) is 10.6 Å². The molecule has 0 fully saturated rings. The third-order valence-corrected chi connectivity index (χ3v) is 6.01. The summed E-state index contributed by atoms with van der Waals surface area (Å²) in [7, 11) is -3.95. The number of hydrogen-bond acceptors (Lipinski definition) is 4. The van der Waals surface area contributed by atoms with E-state index < -0.39 is 28.4 Å². The highest BCUT2D eigenvalue weighted by Gasteiger charge is 2.31. The molecule has 1 aliphatic rings. The Morgan fingerprint density at radius 3 is 2.77 bits per heavy atom. The van der Waals surface area contributed by atoms with E-state index in [2.05, 4.69) is 0 Å². The Morgan fingerprint density at radius 2 is 2.08 bits per heavy atom. The Hall–Kier alpha value is -2.61. The molecule has 0 unspecified atom stereocenters. The molecule has 8 heteroatoms. The van der Waals surface area contributed by atoms with Crippen LogP contribution < -0.4 is 9.04 Å². The van der Waals surface area contributed by atoms with Crippen molar-refractivity contribution < 1.29 is 27.4 Å². The third-order valence-electron chi connectivity index (χ3n) is 4.21. The van der Waals surface area contributed by atoms with Gasteiger partial charge in [0.25, 0.3) is 10.0 Å². The predicted molar refractivity (Wildman–Crippen MR) is 93.6 cm³/mol. The van der Waals surface area contributed by atoms with Crippen LogP contribution in [0, 0.1) is 12.7 Å². The lowest BCUT2D eigenvalue weighted by Gasteiger charge is -2.30. The Bertz CT molecular complexity index is 958. The summed E-state index contributed by atoms with van der Waals surface area (Å²) in [5.41, 5.74) is 1.25. The number of aryl methyl sites for hydroxylation is 2. The number of benzene rings is 2. The quantitative estimate of drug-likeness (QED) is 0.864. The summed E-state index contributed by atoms with van der Waals surface area (Å²) in [4.78, 5) is 10.6. The van der Waals surface area contributed by atoms with Crippen molar-refractivity contribution in [2.75, 3.05) is 17.5 Å². The molecule has 0 aliphatic carbocycles. The number of rotatable bonds is 5. The van der Waals surface area contributed by atoms with Gasteiger partial charge in [0.15, 0.2) is 6.61 Å². The number of carbonyl (C=O) groups is 1. The van der Waals surface area contributed by atoms with E-state index in [-0.39, 0.29) is 22.9 Å². The highest BCUT2D eigenvalue weighted by Crippen LogP contribution is 2.35. The van der Waals surface area contributed by atoms with Crippen LogP contribution in [0.5, 0.6) is 5.75 Å². The van der Waals surface area contributed by atoms with Gasteiger partial charge in [0.1, 0.15) is 11.6 Å². The lowest BCUT2D eigenvalue weighted by Crippen LogP contribution is -2.36. The number of carboxylic acid groups (broad SMARTS) is 1. The fraction of sp³-hybridized carbons (Fsp3) is 0.278. The standard InChI is InChI=1S/C18H18FNO5S/c1-12-10-14(7-8-16(12)25-11-17(21)22)26(23,24)20-9-3-5-13-4-2-6-15(19)18(13)20/h2,4,6-8,10H,3,5,9,11H2,1H3,(H,21,22). The third kappa shape index (κ3) is 3.37. The highest BCUT2D eigenvalue weighted by molar-refractivity contribution is 7.92. The van der Waals surface area contributed by atoms with Crippen molar-refractivity contribution in [2.45, 2.75) is 24.7 Å². The van der Waals surface area contributed by atoms with Gasteiger partial charge in [-0.1, -0.05) is 12.1 Å². The number of nitrogens with zero attached hydrogens (tertiary/aromatic N) is 1. The normalized spacial score (nSPS) is 14.0. The molecule has 0 atom stereocenters. The van der Waals surface area contributed by atoms with Gasteiger partial charge in [-0.25, -0.2) is 17.6 Å². The number of carboxylic acids is 1. The van der Waals surface area contributed by atoms with E-state index in [4.69, 9.17) is 9.84 Å². The molecule has 1 N–H and O–H groups in total. The van der Waals surface area contributed by atoms with Crippen molar-refractivity contribution in [3.63, 3.8) is 0 Å². The van der Waals surface area contributed by atoms with Crippen LogP contribution >= 0.6 is 0 Å². The minimum absolute atomic E-state index is 0.00813. The van der Waals surface area contributed by atoms with Gasteiger partial charge < -0.3 is 9.84 Å². The number of hydrogen-bond donors (Lipinski definition) is 1. The molecule has 0 saturated carbocycles. The molecule has 0 radical (unpaired) electrons. The molecule has 0 spiro atoms. The van der Waals surface area contributed by atoms with E-state index in [0.717, 1.165) is 4.31 Å². The Kier molecular flexibility index (Phi) is 4.86. The largest absolute Gasteiger partial charge is 0.482 e. The van der Waals surface area contributed by atoms with Crippen molar-refractivity contribution >= 4 is 21.7 Å². The Balaban J connectivity index is 1.97. The number of para-hydroxylation sites is 1. The molecule has 1 heterocycles. The first-order valence-electron chi connectivity index (χ1n) is 8.06. The summed E-state index contributed by atoms with van der Waals surface area (Å²) in [6.07, 6.45) is 1.23. The molecular weight excluding hydrogens is 361 g/mol. The number of sulfonamides is 1. The van der Waals surface area contributed by atoms with Crippen LogP contribution in [0.1, 0.15) is 17.5 Å². The summed E-state index contributed by atoms with van der Waals surface area (Å²) in [6, 6.07) is 8.71. The van der Waals surface area contributed by atoms with Gasteiger partial charge in [0, 0.05) is 6.54 Å². The second-order valence-corrected chi connectivity index (χ2v) is 7.90. The average Bonchev–Trinajstić information content (AvgIpc) is 2.60. The summed E-state index contributed by atoms with van der Waals surface area (Å²) in [5, 5.41) is 8.68. The monoisotopic (exact) mass is 379 g/mol. The van der Waals surface area contributed by atoms with Crippen LogP contribution in [0.2, 0.25) is 0 Å². The summed E-state index contributed by atoms with van der Waals surface area (Å²) >= 11 is 0. The number of ether oxygens (including phenoxy) is 1. The van der Waals surface area contributed by atoms with Crippen molar-refractivity contribution in [1.82, 2.24) is 0 Å². The van der Waals surface area contributed by atoms with Crippen LogP contribution in [0.15, 0.2) is 41.3 Å². The Morgan fingerprint density at radius 1 is 1.31 bits per heavy atom. The van der Waals surface area contributed by atoms with Gasteiger partial charge >= 0.3 is 5.97 Å². The fourth-order valence-corrected chi connectivity index (χ4v) is 4.65. The number of aliphatic carboxylic acids is 1. The van der Waals surface area contributed by atoms with E-state index in [1.165, 1.54) is 24.3 Å². The fourth-order valence-electron chi connectivity index (χ4n) is 3.02. The first-order chi connectivity index (χ1) is 12.3. The number of fused-ring (bicyclic) bond motifs is 1. The molecule has 3 rings (SSSR count). The summed E-state index contributed by atoms with van der Waals surface area (Å²) in [6.45, 7) is 1.31. The second-order valence-electron chi connectivity index (χ2n) is 6.04. The average molecular weight is 379 g/mol. The molecule has 0 amide bonds.